The van der Waals surface area contributed by atoms with Gasteiger partial charge in [0.1, 0.15) is 6.04 Å². The second-order valence-electron chi connectivity index (χ2n) is 8.10. The number of carbonyl (C=O) groups is 2. The van der Waals surface area contributed by atoms with Crippen molar-refractivity contribution < 1.29 is 14.3 Å². The van der Waals surface area contributed by atoms with Gasteiger partial charge in [-0.1, -0.05) is 58.0 Å². The first-order valence-corrected chi connectivity index (χ1v) is 11.2. The van der Waals surface area contributed by atoms with E-state index in [-0.39, 0.29) is 11.9 Å². The van der Waals surface area contributed by atoms with Crippen molar-refractivity contribution >= 4 is 11.9 Å². The van der Waals surface area contributed by atoms with Crippen LogP contribution < -0.4 is 5.32 Å². The molecule has 0 saturated carbocycles. The molecule has 7 heteroatoms. The van der Waals surface area contributed by atoms with Gasteiger partial charge in [-0.2, -0.15) is 0 Å². The third kappa shape index (κ3) is 7.29. The second kappa shape index (κ2) is 12.5. The Kier molecular flexibility index (Phi) is 10.1. The van der Waals surface area contributed by atoms with E-state index in [2.05, 4.69) is 37.9 Å². The van der Waals surface area contributed by atoms with Crippen LogP contribution in [0.5, 0.6) is 0 Å². The summed E-state index contributed by atoms with van der Waals surface area (Å²) in [5.74, 6) is 0.267. The molecule has 1 heterocycles. The van der Waals surface area contributed by atoms with Gasteiger partial charge < -0.3 is 24.8 Å². The van der Waals surface area contributed by atoms with Crippen molar-refractivity contribution in [2.24, 2.45) is 5.92 Å². The molecule has 1 aromatic rings. The Hall–Kier alpha value is -2.12. The second-order valence-corrected chi connectivity index (χ2v) is 8.10. The molecule has 168 valence electrons. The number of urea groups is 1. The van der Waals surface area contributed by atoms with Crippen LogP contribution in [-0.2, 0) is 9.53 Å². The summed E-state index contributed by atoms with van der Waals surface area (Å²) in [5.41, 5.74) is 0.801. The van der Waals surface area contributed by atoms with Crippen LogP contribution in [0.25, 0.3) is 0 Å². The minimum absolute atomic E-state index is 0.0777. The smallest absolute Gasteiger partial charge is 0.318 e. The number of ether oxygens (including phenoxy) is 1. The number of carbonyl (C=O) groups excluding carboxylic acids is 2. The predicted molar refractivity (Wildman–Crippen MR) is 119 cm³/mol. The molecular formula is C23H38N4O3. The number of likely N-dealkylation sites (N-methyl/N-ethyl adjacent to an activating group) is 1. The van der Waals surface area contributed by atoms with Crippen LogP contribution in [0.2, 0.25) is 0 Å². The molecule has 1 aliphatic rings. The first kappa shape index (κ1) is 24.2. The summed E-state index contributed by atoms with van der Waals surface area (Å²) in [6.07, 6.45) is 0. The van der Waals surface area contributed by atoms with Gasteiger partial charge in [-0.3, -0.25) is 4.79 Å². The van der Waals surface area contributed by atoms with Gasteiger partial charge in [0.05, 0.1) is 13.2 Å². The van der Waals surface area contributed by atoms with Crippen LogP contribution in [0.4, 0.5) is 4.79 Å². The zero-order valence-corrected chi connectivity index (χ0v) is 19.0. The van der Waals surface area contributed by atoms with E-state index in [9.17, 15) is 9.59 Å². The molecule has 1 aromatic carbocycles. The Labute approximate surface area is 181 Å². The highest BCUT2D eigenvalue weighted by Crippen LogP contribution is 2.18. The molecule has 3 amide bonds. The first-order valence-electron chi connectivity index (χ1n) is 11.2. The lowest BCUT2D eigenvalue weighted by atomic mass is 10.1. The van der Waals surface area contributed by atoms with E-state index in [0.29, 0.717) is 45.3 Å². The summed E-state index contributed by atoms with van der Waals surface area (Å²) >= 11 is 0. The molecule has 2 rings (SSSR count). The Morgan fingerprint density at radius 3 is 2.27 bits per heavy atom. The molecule has 1 atom stereocenters. The number of hydrogen-bond acceptors (Lipinski definition) is 4. The molecule has 1 aliphatic heterocycles. The van der Waals surface area contributed by atoms with Crippen LogP contribution in [0, 0.1) is 5.92 Å². The molecule has 1 N–H and O–H groups in total. The lowest BCUT2D eigenvalue weighted by Gasteiger charge is -2.33. The highest BCUT2D eigenvalue weighted by molar-refractivity contribution is 5.88. The van der Waals surface area contributed by atoms with Crippen molar-refractivity contribution in [1.29, 1.82) is 0 Å². The number of nitrogens with zero attached hydrogens (tertiary/aromatic N) is 3. The zero-order valence-electron chi connectivity index (χ0n) is 19.0. The standard InChI is InChI=1S/C23H38N4O3/c1-5-25(6-2)12-13-27(18-19(3)4)23(29)24-21(20-10-8-7-9-11-20)22(28)26-14-16-30-17-15-26/h7-11,19,21H,5-6,12-18H2,1-4H3,(H,24,29)/t21-/m1/s1. The van der Waals surface area contributed by atoms with E-state index in [1.165, 1.54) is 0 Å². The molecule has 0 aliphatic carbocycles. The Morgan fingerprint density at radius 1 is 1.07 bits per heavy atom. The van der Waals surface area contributed by atoms with Gasteiger partial charge in [-0.25, -0.2) is 4.79 Å². The van der Waals surface area contributed by atoms with Crippen LogP contribution in [0.3, 0.4) is 0 Å². The van der Waals surface area contributed by atoms with E-state index in [1.807, 2.05) is 35.2 Å². The highest BCUT2D eigenvalue weighted by Gasteiger charge is 2.30. The Bertz CT molecular complexity index is 643. The van der Waals surface area contributed by atoms with E-state index in [0.717, 1.165) is 25.2 Å². The van der Waals surface area contributed by atoms with Gasteiger partial charge in [0.2, 0.25) is 5.91 Å². The normalized spacial score (nSPS) is 15.3. The molecule has 0 spiro atoms. The number of amides is 3. The molecule has 30 heavy (non-hydrogen) atoms. The minimum Gasteiger partial charge on any atom is -0.378 e. The highest BCUT2D eigenvalue weighted by atomic mass is 16.5. The lowest BCUT2D eigenvalue weighted by molar-refractivity contribution is -0.137. The van der Waals surface area contributed by atoms with Crippen LogP contribution >= 0.6 is 0 Å². The van der Waals surface area contributed by atoms with Crippen molar-refractivity contribution in [1.82, 2.24) is 20.0 Å². The zero-order chi connectivity index (χ0) is 21.9. The van der Waals surface area contributed by atoms with Crippen molar-refractivity contribution in [3.63, 3.8) is 0 Å². The molecule has 7 nitrogen and oxygen atoms in total. The van der Waals surface area contributed by atoms with Gasteiger partial charge in [-0.05, 0) is 24.6 Å². The van der Waals surface area contributed by atoms with Crippen LogP contribution in [0.1, 0.15) is 39.3 Å². The van der Waals surface area contributed by atoms with Gasteiger partial charge in [0.15, 0.2) is 0 Å². The summed E-state index contributed by atoms with van der Waals surface area (Å²) in [6.45, 7) is 14.6. The van der Waals surface area contributed by atoms with Crippen LogP contribution in [0.15, 0.2) is 30.3 Å². The van der Waals surface area contributed by atoms with E-state index in [4.69, 9.17) is 4.74 Å². The maximum Gasteiger partial charge on any atom is 0.318 e. The summed E-state index contributed by atoms with van der Waals surface area (Å²) in [4.78, 5) is 32.4. The third-order valence-electron chi connectivity index (χ3n) is 5.42. The average molecular weight is 419 g/mol. The van der Waals surface area contributed by atoms with E-state index >= 15 is 0 Å². The summed E-state index contributed by atoms with van der Waals surface area (Å²) < 4.78 is 5.38. The molecule has 0 unspecified atom stereocenters. The predicted octanol–water partition coefficient (Wildman–Crippen LogP) is 2.60. The molecular weight excluding hydrogens is 380 g/mol. The number of morpholine rings is 1. The fourth-order valence-corrected chi connectivity index (χ4v) is 3.63. The van der Waals surface area contributed by atoms with Crippen molar-refractivity contribution in [3.05, 3.63) is 35.9 Å². The Morgan fingerprint density at radius 2 is 1.70 bits per heavy atom. The average Bonchev–Trinajstić information content (AvgIpc) is 2.77. The Balaban J connectivity index is 2.15. The summed E-state index contributed by atoms with van der Waals surface area (Å²) in [6, 6.07) is 8.61. The maximum absolute atomic E-state index is 13.3. The van der Waals surface area contributed by atoms with E-state index in [1.54, 1.807) is 4.90 Å². The van der Waals surface area contributed by atoms with Gasteiger partial charge in [-0.15, -0.1) is 0 Å². The molecule has 0 aromatic heterocycles. The molecule has 0 bridgehead atoms. The fourth-order valence-electron chi connectivity index (χ4n) is 3.63. The number of hydrogen-bond donors (Lipinski definition) is 1. The maximum atomic E-state index is 13.3. The number of benzene rings is 1. The minimum atomic E-state index is -0.695. The summed E-state index contributed by atoms with van der Waals surface area (Å²) in [7, 11) is 0. The van der Waals surface area contributed by atoms with Gasteiger partial charge in [0.25, 0.3) is 0 Å². The fraction of sp³-hybridized carbons (Fsp3) is 0.652. The number of rotatable bonds is 10. The third-order valence-corrected chi connectivity index (χ3v) is 5.42. The number of nitrogens with one attached hydrogen (secondary N) is 1. The molecule has 0 radical (unpaired) electrons. The van der Waals surface area contributed by atoms with Crippen LogP contribution in [-0.4, -0.2) is 85.7 Å². The summed E-state index contributed by atoms with van der Waals surface area (Å²) in [5, 5.41) is 3.03. The monoisotopic (exact) mass is 418 g/mol. The quantitative estimate of drug-likeness (QED) is 0.634. The van der Waals surface area contributed by atoms with Crippen molar-refractivity contribution in [3.8, 4) is 0 Å². The molecule has 1 saturated heterocycles. The largest absolute Gasteiger partial charge is 0.378 e. The SMILES string of the molecule is CCN(CC)CCN(CC(C)C)C(=O)N[C@@H](C(=O)N1CCOCC1)c1ccccc1. The van der Waals surface area contributed by atoms with E-state index < -0.39 is 6.04 Å². The van der Waals surface area contributed by atoms with Gasteiger partial charge in [0, 0.05) is 32.7 Å². The lowest BCUT2D eigenvalue weighted by Crippen LogP contribution is -2.51. The van der Waals surface area contributed by atoms with Crippen molar-refractivity contribution in [2.45, 2.75) is 33.7 Å². The topological polar surface area (TPSA) is 65.1 Å². The molecule has 1 fully saturated rings. The van der Waals surface area contributed by atoms with Gasteiger partial charge >= 0.3 is 6.03 Å². The van der Waals surface area contributed by atoms with Crippen molar-refractivity contribution in [2.75, 3.05) is 59.0 Å². The first-order chi connectivity index (χ1) is 14.5.